The summed E-state index contributed by atoms with van der Waals surface area (Å²) < 4.78 is 6.05. The number of hydrogen-bond donors (Lipinski definition) is 1. The fraction of sp³-hybridized carbons (Fsp3) is 0.333. The van der Waals surface area contributed by atoms with Gasteiger partial charge >= 0.3 is 0 Å². The highest BCUT2D eigenvalue weighted by atomic mass is 16.5. The molecule has 118 valence electrons. The molecule has 23 heavy (non-hydrogen) atoms. The zero-order valence-electron chi connectivity index (χ0n) is 13.6. The second-order valence-electron chi connectivity index (χ2n) is 6.67. The SMILES string of the molecule is Cc1cc2cc(-c3cccc(COC4CCCC4)c3)ccc2[nH]1. The largest absolute Gasteiger partial charge is 0.374 e. The van der Waals surface area contributed by atoms with Gasteiger partial charge in [-0.3, -0.25) is 0 Å². The summed E-state index contributed by atoms with van der Waals surface area (Å²) in [6.07, 6.45) is 5.56. The van der Waals surface area contributed by atoms with Crippen molar-refractivity contribution in [1.29, 1.82) is 0 Å². The van der Waals surface area contributed by atoms with Crippen LogP contribution >= 0.6 is 0 Å². The van der Waals surface area contributed by atoms with Gasteiger partial charge in [-0.1, -0.05) is 37.1 Å². The van der Waals surface area contributed by atoms with Gasteiger partial charge in [-0.15, -0.1) is 0 Å². The molecule has 0 radical (unpaired) electrons. The molecule has 0 saturated heterocycles. The van der Waals surface area contributed by atoms with Gasteiger partial charge in [-0.2, -0.15) is 0 Å². The summed E-state index contributed by atoms with van der Waals surface area (Å²) in [5, 5.41) is 1.27. The van der Waals surface area contributed by atoms with Gasteiger partial charge in [0.15, 0.2) is 0 Å². The quantitative estimate of drug-likeness (QED) is 0.666. The molecule has 1 N–H and O–H groups in total. The highest BCUT2D eigenvalue weighted by Gasteiger charge is 2.15. The zero-order valence-corrected chi connectivity index (χ0v) is 13.6. The maximum atomic E-state index is 6.05. The van der Waals surface area contributed by atoms with Crippen LogP contribution in [0.25, 0.3) is 22.0 Å². The van der Waals surface area contributed by atoms with Crippen molar-refractivity contribution in [3.8, 4) is 11.1 Å². The Hall–Kier alpha value is -2.06. The average Bonchev–Trinajstić information content (AvgIpc) is 3.20. The summed E-state index contributed by atoms with van der Waals surface area (Å²) in [4.78, 5) is 3.38. The molecule has 0 atom stereocenters. The van der Waals surface area contributed by atoms with Gasteiger partial charge in [0.25, 0.3) is 0 Å². The van der Waals surface area contributed by atoms with Crippen LogP contribution in [0.5, 0.6) is 0 Å². The van der Waals surface area contributed by atoms with Crippen LogP contribution in [0.1, 0.15) is 36.9 Å². The highest BCUT2D eigenvalue weighted by Crippen LogP contribution is 2.27. The van der Waals surface area contributed by atoms with Crippen molar-refractivity contribution in [1.82, 2.24) is 4.98 Å². The molecule has 2 aromatic carbocycles. The number of nitrogens with one attached hydrogen (secondary N) is 1. The van der Waals surface area contributed by atoms with Gasteiger partial charge in [0.2, 0.25) is 0 Å². The molecule has 3 aromatic rings. The maximum absolute atomic E-state index is 6.05. The molecule has 0 aliphatic heterocycles. The number of H-pyrrole nitrogens is 1. The normalized spacial score (nSPS) is 15.5. The van der Waals surface area contributed by atoms with E-state index in [0.29, 0.717) is 6.10 Å². The molecular weight excluding hydrogens is 282 g/mol. The lowest BCUT2D eigenvalue weighted by atomic mass is 10.0. The van der Waals surface area contributed by atoms with E-state index in [1.165, 1.54) is 59.0 Å². The molecule has 1 heterocycles. The van der Waals surface area contributed by atoms with Crippen molar-refractivity contribution in [2.24, 2.45) is 0 Å². The van der Waals surface area contributed by atoms with Gasteiger partial charge < -0.3 is 9.72 Å². The molecule has 1 saturated carbocycles. The van der Waals surface area contributed by atoms with Crippen molar-refractivity contribution < 1.29 is 4.74 Å². The van der Waals surface area contributed by atoms with Crippen LogP contribution in [0, 0.1) is 6.92 Å². The van der Waals surface area contributed by atoms with Crippen LogP contribution in [0.3, 0.4) is 0 Å². The van der Waals surface area contributed by atoms with E-state index in [-0.39, 0.29) is 0 Å². The van der Waals surface area contributed by atoms with Crippen LogP contribution in [0.4, 0.5) is 0 Å². The smallest absolute Gasteiger partial charge is 0.0720 e. The summed E-state index contributed by atoms with van der Waals surface area (Å²) in [5.41, 5.74) is 6.19. The maximum Gasteiger partial charge on any atom is 0.0720 e. The van der Waals surface area contributed by atoms with Crippen molar-refractivity contribution in [2.45, 2.75) is 45.3 Å². The second kappa shape index (κ2) is 6.21. The van der Waals surface area contributed by atoms with Crippen LogP contribution in [-0.2, 0) is 11.3 Å². The van der Waals surface area contributed by atoms with Crippen LogP contribution < -0.4 is 0 Å². The molecule has 1 aliphatic carbocycles. The third-order valence-corrected chi connectivity index (χ3v) is 4.80. The van der Waals surface area contributed by atoms with E-state index in [2.05, 4.69) is 60.4 Å². The first-order valence-electron chi connectivity index (χ1n) is 8.58. The summed E-state index contributed by atoms with van der Waals surface area (Å²) in [5.74, 6) is 0. The Morgan fingerprint density at radius 3 is 2.70 bits per heavy atom. The third kappa shape index (κ3) is 3.18. The Labute approximate surface area is 137 Å². The Morgan fingerprint density at radius 2 is 1.83 bits per heavy atom. The van der Waals surface area contributed by atoms with Crippen molar-refractivity contribution in [3.63, 3.8) is 0 Å². The third-order valence-electron chi connectivity index (χ3n) is 4.80. The van der Waals surface area contributed by atoms with Crippen molar-refractivity contribution in [3.05, 3.63) is 59.8 Å². The standard InChI is InChI=1S/C21H23NO/c1-15-11-19-13-18(9-10-21(19)22-15)17-6-4-5-16(12-17)14-23-20-7-2-3-8-20/h4-6,9-13,20,22H,2-3,7-8,14H2,1H3. The fourth-order valence-electron chi connectivity index (χ4n) is 3.57. The van der Waals surface area contributed by atoms with Gasteiger partial charge in [0.05, 0.1) is 12.7 Å². The van der Waals surface area contributed by atoms with E-state index in [1.54, 1.807) is 0 Å². The van der Waals surface area contributed by atoms with Gasteiger partial charge in [0.1, 0.15) is 0 Å². The van der Waals surface area contributed by atoms with Crippen molar-refractivity contribution in [2.75, 3.05) is 0 Å². The molecule has 0 bridgehead atoms. The number of ether oxygens (including phenoxy) is 1. The first-order chi connectivity index (χ1) is 11.3. The summed E-state index contributed by atoms with van der Waals surface area (Å²) in [6.45, 7) is 2.82. The molecule has 1 fully saturated rings. The molecular formula is C21H23NO. The second-order valence-corrected chi connectivity index (χ2v) is 6.67. The lowest BCUT2D eigenvalue weighted by Gasteiger charge is -2.12. The zero-order chi connectivity index (χ0) is 15.6. The lowest BCUT2D eigenvalue weighted by molar-refractivity contribution is 0.0457. The predicted octanol–water partition coefficient (Wildman–Crippen LogP) is 5.60. The van der Waals surface area contributed by atoms with Gasteiger partial charge in [-0.25, -0.2) is 0 Å². The van der Waals surface area contributed by atoms with E-state index in [4.69, 9.17) is 4.74 Å². The number of aromatic nitrogens is 1. The molecule has 1 aromatic heterocycles. The molecule has 0 spiro atoms. The summed E-state index contributed by atoms with van der Waals surface area (Å²) in [7, 11) is 0. The van der Waals surface area contributed by atoms with E-state index in [0.717, 1.165) is 6.61 Å². The van der Waals surface area contributed by atoms with E-state index < -0.39 is 0 Å². The van der Waals surface area contributed by atoms with Gasteiger partial charge in [0, 0.05) is 16.6 Å². The van der Waals surface area contributed by atoms with E-state index in [1.807, 2.05) is 0 Å². The minimum atomic E-state index is 0.470. The van der Waals surface area contributed by atoms with Crippen LogP contribution in [0.2, 0.25) is 0 Å². The number of aromatic amines is 1. The van der Waals surface area contributed by atoms with Crippen LogP contribution in [-0.4, -0.2) is 11.1 Å². The number of benzene rings is 2. The van der Waals surface area contributed by atoms with Crippen molar-refractivity contribution >= 4 is 10.9 Å². The molecule has 4 rings (SSSR count). The Bertz CT molecular complexity index is 812. The predicted molar refractivity (Wildman–Crippen MR) is 95.5 cm³/mol. The average molecular weight is 305 g/mol. The number of aryl methyl sites for hydroxylation is 1. The Kier molecular flexibility index (Phi) is 3.92. The topological polar surface area (TPSA) is 25.0 Å². The number of rotatable bonds is 4. The van der Waals surface area contributed by atoms with Gasteiger partial charge in [-0.05, 0) is 60.7 Å². The monoisotopic (exact) mass is 305 g/mol. The Balaban J connectivity index is 1.56. The summed E-state index contributed by atoms with van der Waals surface area (Å²) in [6, 6.07) is 17.6. The first kappa shape index (κ1) is 14.5. The fourth-order valence-corrected chi connectivity index (χ4v) is 3.57. The summed E-state index contributed by atoms with van der Waals surface area (Å²) >= 11 is 0. The molecule has 0 amide bonds. The Morgan fingerprint density at radius 1 is 1.00 bits per heavy atom. The number of hydrogen-bond acceptors (Lipinski definition) is 1. The molecule has 1 aliphatic rings. The molecule has 0 unspecified atom stereocenters. The van der Waals surface area contributed by atoms with E-state index in [9.17, 15) is 0 Å². The minimum absolute atomic E-state index is 0.470. The minimum Gasteiger partial charge on any atom is -0.374 e. The first-order valence-corrected chi connectivity index (χ1v) is 8.58. The molecule has 2 nitrogen and oxygen atoms in total. The highest BCUT2D eigenvalue weighted by molar-refractivity contribution is 5.85. The van der Waals surface area contributed by atoms with E-state index >= 15 is 0 Å². The number of fused-ring (bicyclic) bond motifs is 1. The molecule has 2 heteroatoms. The lowest BCUT2D eigenvalue weighted by Crippen LogP contribution is -2.07. The van der Waals surface area contributed by atoms with Crippen LogP contribution in [0.15, 0.2) is 48.5 Å².